The van der Waals surface area contributed by atoms with Gasteiger partial charge in [0.1, 0.15) is 0 Å². The van der Waals surface area contributed by atoms with Gasteiger partial charge in [-0.25, -0.2) is 0 Å². The van der Waals surface area contributed by atoms with E-state index in [4.69, 9.17) is 0 Å². The maximum atomic E-state index is 12.1. The second-order valence-electron chi connectivity index (χ2n) is 4.78. The maximum absolute atomic E-state index is 12.1. The largest absolute Gasteiger partial charge is 0.322 e. The first-order valence-corrected chi connectivity index (χ1v) is 6.88. The third kappa shape index (κ3) is 2.96. The molecule has 108 valence electrons. The van der Waals surface area contributed by atoms with E-state index in [1.165, 1.54) is 6.07 Å². The Labute approximate surface area is 127 Å². The number of benzene rings is 2. The summed E-state index contributed by atoms with van der Waals surface area (Å²) in [6.07, 6.45) is 1.71. The van der Waals surface area contributed by atoms with Crippen molar-refractivity contribution >= 4 is 11.6 Å². The summed E-state index contributed by atoms with van der Waals surface area (Å²) in [7, 11) is 0. The molecule has 0 spiro atoms. The van der Waals surface area contributed by atoms with Gasteiger partial charge >= 0.3 is 0 Å². The number of hydrogen-bond donors (Lipinski definition) is 1. The van der Waals surface area contributed by atoms with E-state index < -0.39 is 0 Å². The number of carbonyl (C=O) groups is 1. The topological polar surface area (TPSA) is 51.1 Å². The molecule has 1 amide bonds. The fourth-order valence-electron chi connectivity index (χ4n) is 2.14. The summed E-state index contributed by atoms with van der Waals surface area (Å²) >= 11 is 0. The second-order valence-corrected chi connectivity index (χ2v) is 4.78. The minimum Gasteiger partial charge on any atom is -0.322 e. The van der Waals surface area contributed by atoms with Crippen molar-refractivity contribution in [3.05, 3.63) is 94.9 Å². The summed E-state index contributed by atoms with van der Waals surface area (Å²) in [5.74, 6) is -0.162. The molecule has 4 heteroatoms. The Morgan fingerprint density at radius 2 is 1.50 bits per heavy atom. The normalized spacial score (nSPS) is 10.2. The van der Waals surface area contributed by atoms with Gasteiger partial charge in [0.15, 0.2) is 0 Å². The van der Waals surface area contributed by atoms with Crippen molar-refractivity contribution < 1.29 is 4.79 Å². The van der Waals surface area contributed by atoms with E-state index in [9.17, 15) is 9.59 Å². The van der Waals surface area contributed by atoms with Crippen LogP contribution in [0.5, 0.6) is 0 Å². The average molecular weight is 290 g/mol. The van der Waals surface area contributed by atoms with Crippen LogP contribution in [0.1, 0.15) is 10.4 Å². The zero-order chi connectivity index (χ0) is 15.4. The molecule has 3 aromatic rings. The molecule has 0 saturated heterocycles. The molecule has 4 nitrogen and oxygen atoms in total. The zero-order valence-electron chi connectivity index (χ0n) is 11.8. The van der Waals surface area contributed by atoms with Gasteiger partial charge in [-0.1, -0.05) is 24.3 Å². The van der Waals surface area contributed by atoms with Crippen molar-refractivity contribution in [2.45, 2.75) is 0 Å². The third-order valence-electron chi connectivity index (χ3n) is 3.26. The number of aromatic nitrogens is 1. The van der Waals surface area contributed by atoms with Crippen LogP contribution in [0, 0.1) is 0 Å². The van der Waals surface area contributed by atoms with E-state index in [0.717, 1.165) is 5.69 Å². The molecular weight excluding hydrogens is 276 g/mol. The monoisotopic (exact) mass is 290 g/mol. The number of carbonyl (C=O) groups excluding carboxylic acids is 1. The van der Waals surface area contributed by atoms with Gasteiger partial charge in [-0.05, 0) is 42.5 Å². The summed E-state index contributed by atoms with van der Waals surface area (Å²) in [5, 5.41) is 2.83. The molecule has 2 aromatic carbocycles. The lowest BCUT2D eigenvalue weighted by atomic mass is 10.2. The van der Waals surface area contributed by atoms with Crippen molar-refractivity contribution in [1.82, 2.24) is 4.57 Å². The lowest BCUT2D eigenvalue weighted by Crippen LogP contribution is -2.15. The summed E-state index contributed by atoms with van der Waals surface area (Å²) < 4.78 is 1.54. The van der Waals surface area contributed by atoms with Crippen LogP contribution in [0.4, 0.5) is 5.69 Å². The Kier molecular flexibility index (Phi) is 3.83. The van der Waals surface area contributed by atoms with Crippen LogP contribution in [0.25, 0.3) is 5.69 Å². The second kappa shape index (κ2) is 6.10. The molecule has 0 unspecified atom stereocenters. The van der Waals surface area contributed by atoms with Crippen LogP contribution in [-0.4, -0.2) is 10.5 Å². The first-order valence-electron chi connectivity index (χ1n) is 6.88. The maximum Gasteiger partial charge on any atom is 0.255 e. The van der Waals surface area contributed by atoms with E-state index in [-0.39, 0.29) is 11.5 Å². The minimum atomic E-state index is -0.162. The van der Waals surface area contributed by atoms with Crippen molar-refractivity contribution in [2.75, 3.05) is 5.32 Å². The summed E-state index contributed by atoms with van der Waals surface area (Å²) in [6, 6.07) is 21.2. The lowest BCUT2D eigenvalue weighted by molar-refractivity contribution is 0.102. The summed E-state index contributed by atoms with van der Waals surface area (Å²) in [6.45, 7) is 0. The summed E-state index contributed by atoms with van der Waals surface area (Å²) in [5.41, 5.74) is 1.94. The Bertz CT molecular complexity index is 837. The predicted molar refractivity (Wildman–Crippen MR) is 86.4 cm³/mol. The molecule has 1 N–H and O–H groups in total. The van der Waals surface area contributed by atoms with Crippen LogP contribution in [0.2, 0.25) is 0 Å². The summed E-state index contributed by atoms with van der Waals surface area (Å²) in [4.78, 5) is 23.8. The molecule has 22 heavy (non-hydrogen) atoms. The molecule has 0 aliphatic rings. The third-order valence-corrected chi connectivity index (χ3v) is 3.26. The number of rotatable bonds is 3. The van der Waals surface area contributed by atoms with E-state index in [1.54, 1.807) is 59.3 Å². The highest BCUT2D eigenvalue weighted by molar-refractivity contribution is 6.04. The SMILES string of the molecule is O=C(Nc1ccc(-n2ccccc2=O)cc1)c1ccccc1. The molecule has 0 saturated carbocycles. The number of anilines is 1. The molecule has 3 rings (SSSR count). The van der Waals surface area contributed by atoms with Gasteiger partial charge in [-0.2, -0.15) is 0 Å². The standard InChI is InChI=1S/C18H14N2O2/c21-17-8-4-5-13-20(17)16-11-9-15(10-12-16)19-18(22)14-6-2-1-3-7-14/h1-13H,(H,19,22). The van der Waals surface area contributed by atoms with Crippen LogP contribution < -0.4 is 10.9 Å². The Balaban J connectivity index is 1.79. The molecule has 0 atom stereocenters. The van der Waals surface area contributed by atoms with Gasteiger partial charge in [0.05, 0.1) is 0 Å². The number of nitrogens with one attached hydrogen (secondary N) is 1. The Morgan fingerprint density at radius 3 is 2.18 bits per heavy atom. The minimum absolute atomic E-state index is 0.0939. The number of amides is 1. The lowest BCUT2D eigenvalue weighted by Gasteiger charge is -2.08. The Morgan fingerprint density at radius 1 is 0.818 bits per heavy atom. The highest BCUT2D eigenvalue weighted by Gasteiger charge is 2.05. The van der Waals surface area contributed by atoms with Gasteiger partial charge in [-0.3, -0.25) is 14.2 Å². The van der Waals surface area contributed by atoms with Gasteiger partial charge < -0.3 is 5.32 Å². The first kappa shape index (κ1) is 13.8. The molecule has 1 heterocycles. The fraction of sp³-hybridized carbons (Fsp3) is 0. The first-order chi connectivity index (χ1) is 10.7. The molecule has 0 aliphatic heterocycles. The highest BCUT2D eigenvalue weighted by atomic mass is 16.1. The number of nitrogens with zero attached hydrogens (tertiary/aromatic N) is 1. The van der Waals surface area contributed by atoms with E-state index >= 15 is 0 Å². The van der Waals surface area contributed by atoms with Crippen molar-refractivity contribution in [3.63, 3.8) is 0 Å². The van der Waals surface area contributed by atoms with Crippen LogP contribution in [0.3, 0.4) is 0 Å². The number of hydrogen-bond acceptors (Lipinski definition) is 2. The van der Waals surface area contributed by atoms with Gasteiger partial charge in [0.25, 0.3) is 11.5 Å². The Hall–Kier alpha value is -3.14. The highest BCUT2D eigenvalue weighted by Crippen LogP contribution is 2.13. The molecule has 0 fully saturated rings. The smallest absolute Gasteiger partial charge is 0.255 e. The molecule has 0 aliphatic carbocycles. The van der Waals surface area contributed by atoms with E-state index in [2.05, 4.69) is 5.32 Å². The van der Waals surface area contributed by atoms with Crippen LogP contribution in [-0.2, 0) is 0 Å². The van der Waals surface area contributed by atoms with E-state index in [1.807, 2.05) is 18.2 Å². The number of pyridine rings is 1. The molecule has 0 radical (unpaired) electrons. The quantitative estimate of drug-likeness (QED) is 0.806. The molecule has 1 aromatic heterocycles. The van der Waals surface area contributed by atoms with Crippen molar-refractivity contribution in [2.24, 2.45) is 0 Å². The van der Waals surface area contributed by atoms with Crippen LogP contribution in [0.15, 0.2) is 83.8 Å². The molecule has 0 bridgehead atoms. The predicted octanol–water partition coefficient (Wildman–Crippen LogP) is 3.09. The van der Waals surface area contributed by atoms with Crippen molar-refractivity contribution in [1.29, 1.82) is 0 Å². The van der Waals surface area contributed by atoms with Crippen LogP contribution >= 0.6 is 0 Å². The average Bonchev–Trinajstić information content (AvgIpc) is 2.57. The zero-order valence-corrected chi connectivity index (χ0v) is 11.8. The van der Waals surface area contributed by atoms with Crippen molar-refractivity contribution in [3.8, 4) is 5.69 Å². The fourth-order valence-corrected chi connectivity index (χ4v) is 2.14. The van der Waals surface area contributed by atoms with Gasteiger partial charge in [-0.15, -0.1) is 0 Å². The van der Waals surface area contributed by atoms with E-state index in [0.29, 0.717) is 11.3 Å². The van der Waals surface area contributed by atoms with Gasteiger partial charge in [0, 0.05) is 29.2 Å². The van der Waals surface area contributed by atoms with Gasteiger partial charge in [0.2, 0.25) is 0 Å². The molecular formula is C18H14N2O2.